The lowest BCUT2D eigenvalue weighted by Crippen LogP contribution is -2.38. The number of aromatic nitrogens is 2. The van der Waals surface area contributed by atoms with E-state index in [4.69, 9.17) is 28.3 Å². The predicted molar refractivity (Wildman–Crippen MR) is 134 cm³/mol. The largest absolute Gasteiger partial charge is 0.322 e. The van der Waals surface area contributed by atoms with Crippen molar-refractivity contribution in [3.8, 4) is 5.69 Å². The zero-order valence-electron chi connectivity index (χ0n) is 19.2. The number of nitrogens with one attached hydrogen (secondary N) is 2. The molecule has 0 saturated heterocycles. The van der Waals surface area contributed by atoms with E-state index in [0.717, 1.165) is 16.9 Å². The van der Waals surface area contributed by atoms with Gasteiger partial charge < -0.3 is 15.5 Å². The fraction of sp³-hybridized carbons (Fsp3) is 0.292. The number of anilines is 2. The van der Waals surface area contributed by atoms with Crippen LogP contribution in [-0.2, 0) is 10.2 Å². The molecule has 3 amide bonds. The van der Waals surface area contributed by atoms with Crippen LogP contribution in [0.2, 0.25) is 10.0 Å². The molecule has 9 heteroatoms. The highest BCUT2D eigenvalue weighted by molar-refractivity contribution is 6.43. The first-order valence-electron chi connectivity index (χ1n) is 10.4. The van der Waals surface area contributed by atoms with Gasteiger partial charge in [0.05, 0.1) is 27.1 Å². The van der Waals surface area contributed by atoms with E-state index in [1.54, 1.807) is 22.9 Å². The van der Waals surface area contributed by atoms with Crippen LogP contribution in [-0.4, -0.2) is 40.2 Å². The molecule has 1 aromatic heterocycles. The first-order valence-corrected chi connectivity index (χ1v) is 11.2. The van der Waals surface area contributed by atoms with E-state index >= 15 is 0 Å². The summed E-state index contributed by atoms with van der Waals surface area (Å²) in [5, 5.41) is 10.9. The predicted octanol–water partition coefficient (Wildman–Crippen LogP) is 5.89. The third-order valence-corrected chi connectivity index (χ3v) is 5.83. The van der Waals surface area contributed by atoms with E-state index in [-0.39, 0.29) is 22.9 Å². The molecule has 7 nitrogen and oxygen atoms in total. The normalized spacial score (nSPS) is 11.2. The minimum absolute atomic E-state index is 0.173. The van der Waals surface area contributed by atoms with E-state index in [9.17, 15) is 9.59 Å². The topological polar surface area (TPSA) is 79.3 Å². The second kappa shape index (κ2) is 9.85. The van der Waals surface area contributed by atoms with Gasteiger partial charge in [-0.1, -0.05) is 68.2 Å². The van der Waals surface area contributed by atoms with Gasteiger partial charge in [-0.15, -0.1) is 0 Å². The lowest BCUT2D eigenvalue weighted by molar-refractivity contribution is -0.116. The van der Waals surface area contributed by atoms with Gasteiger partial charge >= 0.3 is 6.03 Å². The van der Waals surface area contributed by atoms with E-state index in [1.165, 1.54) is 11.9 Å². The summed E-state index contributed by atoms with van der Waals surface area (Å²) in [4.78, 5) is 26.6. The summed E-state index contributed by atoms with van der Waals surface area (Å²) < 4.78 is 1.72. The molecule has 3 rings (SSSR count). The monoisotopic (exact) mass is 487 g/mol. The van der Waals surface area contributed by atoms with Crippen LogP contribution in [0.15, 0.2) is 48.5 Å². The SMILES string of the molecule is Cc1ccccc1-n1nc(C(C)(C)C)cc1NC(=O)CN(C)C(=O)Nc1cccc(Cl)c1Cl. The van der Waals surface area contributed by atoms with Gasteiger partial charge in [0.1, 0.15) is 12.4 Å². The molecule has 3 aromatic rings. The Labute approximate surface area is 203 Å². The van der Waals surface area contributed by atoms with Crippen molar-refractivity contribution in [1.29, 1.82) is 0 Å². The number of carbonyl (C=O) groups excluding carboxylic acids is 2. The number of amides is 3. The van der Waals surface area contributed by atoms with E-state index in [0.29, 0.717) is 16.5 Å². The number of para-hydroxylation sites is 1. The van der Waals surface area contributed by atoms with Crippen LogP contribution in [0.5, 0.6) is 0 Å². The molecular weight excluding hydrogens is 461 g/mol. The highest BCUT2D eigenvalue weighted by Crippen LogP contribution is 2.30. The Hall–Kier alpha value is -3.03. The van der Waals surface area contributed by atoms with E-state index in [2.05, 4.69) is 31.4 Å². The molecule has 0 radical (unpaired) electrons. The van der Waals surface area contributed by atoms with E-state index < -0.39 is 6.03 Å². The summed E-state index contributed by atoms with van der Waals surface area (Å²) in [5.74, 6) is 0.172. The summed E-state index contributed by atoms with van der Waals surface area (Å²) in [7, 11) is 1.52. The van der Waals surface area contributed by atoms with Crippen LogP contribution >= 0.6 is 23.2 Å². The van der Waals surface area contributed by atoms with Gasteiger partial charge in [0.2, 0.25) is 5.91 Å². The fourth-order valence-corrected chi connectivity index (χ4v) is 3.45. The fourth-order valence-electron chi connectivity index (χ4n) is 3.10. The van der Waals surface area contributed by atoms with Crippen molar-refractivity contribution in [3.63, 3.8) is 0 Å². The molecule has 174 valence electrons. The molecule has 2 aromatic carbocycles. The molecular formula is C24H27Cl2N5O2. The number of hydrogen-bond acceptors (Lipinski definition) is 3. The Morgan fingerprint density at radius 3 is 2.42 bits per heavy atom. The highest BCUT2D eigenvalue weighted by atomic mass is 35.5. The molecule has 0 bridgehead atoms. The Kier molecular flexibility index (Phi) is 7.34. The van der Waals surface area contributed by atoms with Crippen molar-refractivity contribution in [1.82, 2.24) is 14.7 Å². The number of carbonyl (C=O) groups is 2. The minimum Gasteiger partial charge on any atom is -0.318 e. The smallest absolute Gasteiger partial charge is 0.318 e. The summed E-state index contributed by atoms with van der Waals surface area (Å²) >= 11 is 12.1. The Balaban J connectivity index is 1.77. The molecule has 0 fully saturated rings. The van der Waals surface area contributed by atoms with Crippen LogP contribution in [0, 0.1) is 6.92 Å². The Morgan fingerprint density at radius 1 is 1.06 bits per heavy atom. The van der Waals surface area contributed by atoms with Crippen molar-refractivity contribution >= 4 is 46.6 Å². The molecule has 33 heavy (non-hydrogen) atoms. The first kappa shape index (κ1) is 24.6. The second-order valence-corrected chi connectivity index (χ2v) is 9.58. The number of nitrogens with zero attached hydrogens (tertiary/aromatic N) is 3. The molecule has 0 aliphatic rings. The van der Waals surface area contributed by atoms with Gasteiger partial charge in [-0.05, 0) is 30.7 Å². The maximum absolute atomic E-state index is 12.8. The molecule has 1 heterocycles. The third-order valence-electron chi connectivity index (χ3n) is 5.01. The zero-order chi connectivity index (χ0) is 24.3. The zero-order valence-corrected chi connectivity index (χ0v) is 20.8. The maximum Gasteiger partial charge on any atom is 0.322 e. The minimum atomic E-state index is -0.489. The van der Waals surface area contributed by atoms with Crippen molar-refractivity contribution in [2.24, 2.45) is 0 Å². The molecule has 0 aliphatic heterocycles. The number of benzene rings is 2. The van der Waals surface area contributed by atoms with Crippen LogP contribution in [0.25, 0.3) is 5.69 Å². The molecule has 2 N–H and O–H groups in total. The molecule has 0 aliphatic carbocycles. The van der Waals surface area contributed by atoms with Gasteiger partial charge in [-0.2, -0.15) is 5.10 Å². The second-order valence-electron chi connectivity index (χ2n) is 8.80. The lowest BCUT2D eigenvalue weighted by Gasteiger charge is -2.18. The quantitative estimate of drug-likeness (QED) is 0.470. The van der Waals surface area contributed by atoms with Crippen LogP contribution in [0.4, 0.5) is 16.3 Å². The summed E-state index contributed by atoms with van der Waals surface area (Å²) in [6.45, 7) is 7.99. The number of hydrogen-bond donors (Lipinski definition) is 2. The van der Waals surface area contributed by atoms with Gasteiger partial charge in [0.15, 0.2) is 0 Å². The van der Waals surface area contributed by atoms with Crippen molar-refractivity contribution in [2.75, 3.05) is 24.2 Å². The molecule has 0 unspecified atom stereocenters. The first-order chi connectivity index (χ1) is 15.5. The number of aryl methyl sites for hydroxylation is 1. The molecule has 0 spiro atoms. The van der Waals surface area contributed by atoms with Crippen molar-refractivity contribution in [2.45, 2.75) is 33.1 Å². The third kappa shape index (κ3) is 5.86. The Bertz CT molecular complexity index is 1180. The number of rotatable bonds is 5. The molecule has 0 saturated carbocycles. The lowest BCUT2D eigenvalue weighted by atomic mass is 9.92. The van der Waals surface area contributed by atoms with E-state index in [1.807, 2.05) is 37.3 Å². The van der Waals surface area contributed by atoms with Gasteiger partial charge in [0, 0.05) is 18.5 Å². The summed E-state index contributed by atoms with van der Waals surface area (Å²) in [5.41, 5.74) is 2.88. The average Bonchev–Trinajstić information content (AvgIpc) is 3.15. The molecule has 0 atom stereocenters. The van der Waals surface area contributed by atoms with Crippen LogP contribution in [0.1, 0.15) is 32.0 Å². The average molecular weight is 488 g/mol. The summed E-state index contributed by atoms with van der Waals surface area (Å²) in [6, 6.07) is 14.1. The van der Waals surface area contributed by atoms with Gasteiger partial charge in [0.25, 0.3) is 0 Å². The standard InChI is InChI=1S/C24H27Cl2N5O2/c1-15-9-6-7-12-18(15)31-20(13-19(29-31)24(2,3)4)28-21(32)14-30(5)23(33)27-17-11-8-10-16(25)22(17)26/h6-13H,14H2,1-5H3,(H,27,33)(H,28,32). The van der Waals surface area contributed by atoms with Crippen LogP contribution in [0.3, 0.4) is 0 Å². The van der Waals surface area contributed by atoms with Crippen LogP contribution < -0.4 is 10.6 Å². The summed E-state index contributed by atoms with van der Waals surface area (Å²) in [6.07, 6.45) is 0. The number of likely N-dealkylation sites (N-methyl/N-ethyl adjacent to an activating group) is 1. The number of urea groups is 1. The van der Waals surface area contributed by atoms with Gasteiger partial charge in [-0.25, -0.2) is 9.48 Å². The van der Waals surface area contributed by atoms with Crippen molar-refractivity contribution < 1.29 is 9.59 Å². The van der Waals surface area contributed by atoms with Gasteiger partial charge in [-0.3, -0.25) is 4.79 Å². The van der Waals surface area contributed by atoms with Crippen molar-refractivity contribution in [3.05, 3.63) is 69.8 Å². The maximum atomic E-state index is 12.8. The highest BCUT2D eigenvalue weighted by Gasteiger charge is 2.23. The number of halogens is 2. The Morgan fingerprint density at radius 2 is 1.76 bits per heavy atom.